The highest BCUT2D eigenvalue weighted by Gasteiger charge is 2.43. The minimum absolute atomic E-state index is 0.149. The van der Waals surface area contributed by atoms with Gasteiger partial charge in [-0.25, -0.2) is 9.69 Å². The summed E-state index contributed by atoms with van der Waals surface area (Å²) in [5, 5.41) is 3.89. The van der Waals surface area contributed by atoms with Gasteiger partial charge in [0.15, 0.2) is 0 Å². The van der Waals surface area contributed by atoms with Gasteiger partial charge in [0, 0.05) is 0 Å². The number of imide groups is 1. The first-order valence-corrected chi connectivity index (χ1v) is 6.40. The molecule has 2 amide bonds. The third-order valence-corrected chi connectivity index (χ3v) is 3.17. The van der Waals surface area contributed by atoms with Gasteiger partial charge < -0.3 is 4.74 Å². The highest BCUT2D eigenvalue weighted by molar-refractivity contribution is 7.08. The zero-order valence-electron chi connectivity index (χ0n) is 10.1. The standard InChI is InChI=1S/C12H15NO3S/c1-12(2,3)16-11(15)13-9(6-10(13)14)8-4-5-17-7-8/h4-5,7,9H,6H2,1-3H3. The van der Waals surface area contributed by atoms with Crippen molar-refractivity contribution in [3.05, 3.63) is 22.4 Å². The summed E-state index contributed by atoms with van der Waals surface area (Å²) >= 11 is 1.56. The van der Waals surface area contributed by atoms with E-state index in [0.717, 1.165) is 5.56 Å². The molecule has 1 saturated heterocycles. The first kappa shape index (κ1) is 12.1. The van der Waals surface area contributed by atoms with Crippen LogP contribution >= 0.6 is 11.3 Å². The molecule has 17 heavy (non-hydrogen) atoms. The molecule has 1 aliphatic heterocycles. The Morgan fingerprint density at radius 1 is 1.53 bits per heavy atom. The molecule has 0 spiro atoms. The van der Waals surface area contributed by atoms with Gasteiger partial charge in [0.05, 0.1) is 12.5 Å². The van der Waals surface area contributed by atoms with Crippen LogP contribution in [0.4, 0.5) is 4.79 Å². The number of β-lactam (4-membered cyclic amide) rings is 1. The molecule has 0 bridgehead atoms. The fourth-order valence-electron chi connectivity index (χ4n) is 1.69. The van der Waals surface area contributed by atoms with Crippen LogP contribution in [-0.4, -0.2) is 22.5 Å². The van der Waals surface area contributed by atoms with E-state index in [4.69, 9.17) is 4.74 Å². The molecule has 1 fully saturated rings. The maximum absolute atomic E-state index is 11.8. The Morgan fingerprint density at radius 3 is 2.71 bits per heavy atom. The van der Waals surface area contributed by atoms with E-state index < -0.39 is 11.7 Å². The minimum atomic E-state index is -0.577. The van der Waals surface area contributed by atoms with Gasteiger partial charge in [-0.3, -0.25) is 4.79 Å². The zero-order valence-corrected chi connectivity index (χ0v) is 10.9. The summed E-state index contributed by atoms with van der Waals surface area (Å²) < 4.78 is 5.21. The van der Waals surface area contributed by atoms with Crippen LogP contribution in [-0.2, 0) is 9.53 Å². The molecule has 0 N–H and O–H groups in total. The van der Waals surface area contributed by atoms with Crippen molar-refractivity contribution in [2.45, 2.75) is 38.8 Å². The molecule has 1 atom stereocenters. The third-order valence-electron chi connectivity index (χ3n) is 2.47. The van der Waals surface area contributed by atoms with Crippen molar-refractivity contribution in [2.75, 3.05) is 0 Å². The van der Waals surface area contributed by atoms with E-state index in [1.54, 1.807) is 32.1 Å². The van der Waals surface area contributed by atoms with Gasteiger partial charge >= 0.3 is 6.09 Å². The number of hydrogen-bond donors (Lipinski definition) is 0. The van der Waals surface area contributed by atoms with Crippen molar-refractivity contribution >= 4 is 23.3 Å². The van der Waals surface area contributed by atoms with Crippen LogP contribution in [0.2, 0.25) is 0 Å². The van der Waals surface area contributed by atoms with E-state index in [1.165, 1.54) is 4.90 Å². The summed E-state index contributed by atoms with van der Waals surface area (Å²) in [6.45, 7) is 5.36. The van der Waals surface area contributed by atoms with Crippen LogP contribution in [0.1, 0.15) is 38.8 Å². The fraction of sp³-hybridized carbons (Fsp3) is 0.500. The van der Waals surface area contributed by atoms with Gasteiger partial charge in [-0.05, 0) is 43.2 Å². The Balaban J connectivity index is 2.09. The van der Waals surface area contributed by atoms with Crippen molar-refractivity contribution in [1.82, 2.24) is 4.90 Å². The van der Waals surface area contributed by atoms with Crippen LogP contribution in [0.3, 0.4) is 0 Å². The minimum Gasteiger partial charge on any atom is -0.443 e. The summed E-state index contributed by atoms with van der Waals surface area (Å²) in [6.07, 6.45) is -0.166. The van der Waals surface area contributed by atoms with Crippen LogP contribution in [0, 0.1) is 0 Å². The van der Waals surface area contributed by atoms with Crippen molar-refractivity contribution in [1.29, 1.82) is 0 Å². The number of amides is 2. The summed E-state index contributed by atoms with van der Waals surface area (Å²) in [6, 6.07) is 1.78. The van der Waals surface area contributed by atoms with E-state index in [1.807, 2.05) is 16.8 Å². The number of ether oxygens (including phenoxy) is 1. The Bertz CT molecular complexity index is 433. The summed E-state index contributed by atoms with van der Waals surface area (Å²) in [7, 11) is 0. The summed E-state index contributed by atoms with van der Waals surface area (Å²) in [4.78, 5) is 24.5. The molecule has 2 rings (SSSR count). The normalized spacial score (nSPS) is 20.1. The second-order valence-electron chi connectivity index (χ2n) is 5.02. The molecule has 4 nitrogen and oxygen atoms in total. The third kappa shape index (κ3) is 2.49. The molecular formula is C12H15NO3S. The zero-order chi connectivity index (χ0) is 12.6. The van der Waals surface area contributed by atoms with Gasteiger partial charge in [0.25, 0.3) is 0 Å². The van der Waals surface area contributed by atoms with E-state index in [9.17, 15) is 9.59 Å². The largest absolute Gasteiger partial charge is 0.443 e. The lowest BCUT2D eigenvalue weighted by molar-refractivity contribution is -0.144. The maximum Gasteiger partial charge on any atom is 0.417 e. The SMILES string of the molecule is CC(C)(C)OC(=O)N1C(=O)CC1c1ccsc1. The first-order valence-electron chi connectivity index (χ1n) is 5.45. The lowest BCUT2D eigenvalue weighted by Gasteiger charge is -2.38. The van der Waals surface area contributed by atoms with Gasteiger partial charge in [-0.1, -0.05) is 0 Å². The van der Waals surface area contributed by atoms with E-state index in [2.05, 4.69) is 0 Å². The van der Waals surface area contributed by atoms with E-state index in [-0.39, 0.29) is 11.9 Å². The van der Waals surface area contributed by atoms with Crippen molar-refractivity contribution in [3.63, 3.8) is 0 Å². The molecular weight excluding hydrogens is 238 g/mol. The summed E-state index contributed by atoms with van der Waals surface area (Å²) in [5.74, 6) is -0.171. The average molecular weight is 253 g/mol. The number of likely N-dealkylation sites (tertiary alicyclic amines) is 1. The van der Waals surface area contributed by atoms with Crippen molar-refractivity contribution in [2.24, 2.45) is 0 Å². The molecule has 1 aromatic rings. The molecule has 2 heterocycles. The van der Waals surface area contributed by atoms with Gasteiger partial charge in [-0.2, -0.15) is 11.3 Å². The quantitative estimate of drug-likeness (QED) is 0.723. The monoisotopic (exact) mass is 253 g/mol. The second kappa shape index (κ2) is 4.14. The van der Waals surface area contributed by atoms with Crippen LogP contribution < -0.4 is 0 Å². The highest BCUT2D eigenvalue weighted by Crippen LogP contribution is 2.36. The Kier molecular flexibility index (Phi) is 2.95. The number of carbonyl (C=O) groups is 2. The molecule has 0 radical (unpaired) electrons. The average Bonchev–Trinajstić information content (AvgIpc) is 2.62. The number of carbonyl (C=O) groups excluding carboxylic acids is 2. The number of nitrogens with zero attached hydrogens (tertiary/aromatic N) is 1. The van der Waals surface area contributed by atoms with Gasteiger partial charge in [0.2, 0.25) is 5.91 Å². The predicted octanol–water partition coefficient (Wildman–Crippen LogP) is 2.96. The number of thiophene rings is 1. The van der Waals surface area contributed by atoms with Crippen molar-refractivity contribution < 1.29 is 14.3 Å². The second-order valence-corrected chi connectivity index (χ2v) is 5.80. The summed E-state index contributed by atoms with van der Waals surface area (Å²) in [5.41, 5.74) is 0.423. The number of rotatable bonds is 1. The molecule has 92 valence electrons. The lowest BCUT2D eigenvalue weighted by atomic mass is 9.97. The van der Waals surface area contributed by atoms with Crippen molar-refractivity contribution in [3.8, 4) is 0 Å². The molecule has 5 heteroatoms. The van der Waals surface area contributed by atoms with Crippen LogP contribution in [0.15, 0.2) is 16.8 Å². The fourth-order valence-corrected chi connectivity index (χ4v) is 2.40. The highest BCUT2D eigenvalue weighted by atomic mass is 32.1. The molecule has 0 aromatic carbocycles. The number of hydrogen-bond acceptors (Lipinski definition) is 4. The molecule has 1 aromatic heterocycles. The Morgan fingerprint density at radius 2 is 2.24 bits per heavy atom. The predicted molar refractivity (Wildman–Crippen MR) is 64.8 cm³/mol. The smallest absolute Gasteiger partial charge is 0.417 e. The molecule has 1 unspecified atom stereocenters. The Labute approximate surface area is 104 Å². The lowest BCUT2D eigenvalue weighted by Crippen LogP contribution is -2.51. The van der Waals surface area contributed by atoms with Gasteiger partial charge in [-0.15, -0.1) is 0 Å². The molecule has 1 aliphatic rings. The first-order chi connectivity index (χ1) is 7.88. The van der Waals surface area contributed by atoms with Crippen LogP contribution in [0.5, 0.6) is 0 Å². The molecule has 0 aliphatic carbocycles. The molecule has 0 saturated carbocycles. The Hall–Kier alpha value is -1.36. The topological polar surface area (TPSA) is 46.6 Å². The van der Waals surface area contributed by atoms with Crippen LogP contribution in [0.25, 0.3) is 0 Å². The van der Waals surface area contributed by atoms with Gasteiger partial charge in [0.1, 0.15) is 5.60 Å². The maximum atomic E-state index is 11.8. The van der Waals surface area contributed by atoms with E-state index in [0.29, 0.717) is 6.42 Å². The van der Waals surface area contributed by atoms with E-state index >= 15 is 0 Å².